The number of carbonyl (C=O) groups excluding carboxylic acids is 2. The standard InChI is InChI=1S/C13H15NO4/c15-11-6-7-14(12(16)8-11)13(17)18-9-10-4-2-1-3-5-10/h1-5,11,15H,6-9H2. The predicted molar refractivity (Wildman–Crippen MR) is 63.6 cm³/mol. The quantitative estimate of drug-likeness (QED) is 0.858. The fraction of sp³-hybridized carbons (Fsp3) is 0.385. The van der Waals surface area contributed by atoms with Gasteiger partial charge >= 0.3 is 6.09 Å². The van der Waals surface area contributed by atoms with Crippen molar-refractivity contribution in [3.63, 3.8) is 0 Å². The molecule has 96 valence electrons. The number of rotatable bonds is 2. The molecule has 1 aromatic rings. The van der Waals surface area contributed by atoms with E-state index in [9.17, 15) is 14.7 Å². The molecular weight excluding hydrogens is 234 g/mol. The van der Waals surface area contributed by atoms with Crippen LogP contribution < -0.4 is 0 Å². The fourth-order valence-corrected chi connectivity index (χ4v) is 1.81. The first-order chi connectivity index (χ1) is 8.66. The molecule has 1 aliphatic rings. The summed E-state index contributed by atoms with van der Waals surface area (Å²) >= 11 is 0. The van der Waals surface area contributed by atoms with E-state index < -0.39 is 12.2 Å². The van der Waals surface area contributed by atoms with Crippen LogP contribution in [0, 0.1) is 0 Å². The van der Waals surface area contributed by atoms with E-state index in [1.165, 1.54) is 0 Å². The van der Waals surface area contributed by atoms with E-state index >= 15 is 0 Å². The Balaban J connectivity index is 1.87. The second-order valence-electron chi connectivity index (χ2n) is 4.23. The average Bonchev–Trinajstić information content (AvgIpc) is 2.37. The van der Waals surface area contributed by atoms with E-state index in [-0.39, 0.29) is 25.5 Å². The van der Waals surface area contributed by atoms with Gasteiger partial charge in [-0.25, -0.2) is 9.69 Å². The van der Waals surface area contributed by atoms with E-state index in [4.69, 9.17) is 4.74 Å². The summed E-state index contributed by atoms with van der Waals surface area (Å²) in [5.74, 6) is -0.383. The molecule has 1 aromatic carbocycles. The Hall–Kier alpha value is -1.88. The number of piperidine rings is 1. The maximum Gasteiger partial charge on any atom is 0.416 e. The van der Waals surface area contributed by atoms with Crippen molar-refractivity contribution in [3.8, 4) is 0 Å². The maximum atomic E-state index is 11.7. The smallest absolute Gasteiger partial charge is 0.416 e. The number of carbonyl (C=O) groups is 2. The number of likely N-dealkylation sites (tertiary alicyclic amines) is 1. The van der Waals surface area contributed by atoms with Crippen molar-refractivity contribution in [2.75, 3.05) is 6.54 Å². The zero-order valence-corrected chi connectivity index (χ0v) is 9.91. The number of aliphatic hydroxyl groups is 1. The van der Waals surface area contributed by atoms with Crippen molar-refractivity contribution in [1.29, 1.82) is 0 Å². The maximum absolute atomic E-state index is 11.7. The fourth-order valence-electron chi connectivity index (χ4n) is 1.81. The molecule has 1 N–H and O–H groups in total. The molecule has 1 unspecified atom stereocenters. The molecular formula is C13H15NO4. The van der Waals surface area contributed by atoms with Gasteiger partial charge in [0.05, 0.1) is 12.5 Å². The Labute approximate surface area is 105 Å². The lowest BCUT2D eigenvalue weighted by Crippen LogP contribution is -2.44. The normalized spacial score (nSPS) is 19.7. The molecule has 0 bridgehead atoms. The van der Waals surface area contributed by atoms with Crippen LogP contribution in [0.2, 0.25) is 0 Å². The highest BCUT2D eigenvalue weighted by Crippen LogP contribution is 2.13. The molecule has 5 nitrogen and oxygen atoms in total. The van der Waals surface area contributed by atoms with E-state index in [0.717, 1.165) is 10.5 Å². The van der Waals surface area contributed by atoms with E-state index in [0.29, 0.717) is 6.42 Å². The molecule has 2 amide bonds. The Morgan fingerprint density at radius 3 is 2.78 bits per heavy atom. The third-order valence-electron chi connectivity index (χ3n) is 2.82. The largest absolute Gasteiger partial charge is 0.444 e. The van der Waals surface area contributed by atoms with Crippen molar-refractivity contribution >= 4 is 12.0 Å². The summed E-state index contributed by atoms with van der Waals surface area (Å²) in [6, 6.07) is 9.27. The molecule has 1 aliphatic heterocycles. The first kappa shape index (κ1) is 12.6. The number of benzene rings is 1. The van der Waals surface area contributed by atoms with E-state index in [1.807, 2.05) is 30.3 Å². The summed E-state index contributed by atoms with van der Waals surface area (Å²) in [6.45, 7) is 0.361. The number of hydrogen-bond acceptors (Lipinski definition) is 4. The van der Waals surface area contributed by atoms with Crippen LogP contribution in [0.5, 0.6) is 0 Å². The minimum atomic E-state index is -0.643. The van der Waals surface area contributed by atoms with Crippen molar-refractivity contribution in [2.45, 2.75) is 25.6 Å². The first-order valence-corrected chi connectivity index (χ1v) is 5.86. The summed E-state index contributed by atoms with van der Waals surface area (Å²) < 4.78 is 5.06. The lowest BCUT2D eigenvalue weighted by molar-refractivity contribution is -0.135. The van der Waals surface area contributed by atoms with Gasteiger partial charge in [0, 0.05) is 6.54 Å². The molecule has 1 fully saturated rings. The topological polar surface area (TPSA) is 66.8 Å². The van der Waals surface area contributed by atoms with Gasteiger partial charge < -0.3 is 9.84 Å². The molecule has 0 spiro atoms. The van der Waals surface area contributed by atoms with Gasteiger partial charge in [0.15, 0.2) is 0 Å². The van der Waals surface area contributed by atoms with Crippen LogP contribution in [0.15, 0.2) is 30.3 Å². The van der Waals surface area contributed by atoms with Crippen LogP contribution in [0.25, 0.3) is 0 Å². The van der Waals surface area contributed by atoms with Gasteiger partial charge in [-0.2, -0.15) is 0 Å². The van der Waals surface area contributed by atoms with Gasteiger partial charge in [0.1, 0.15) is 6.61 Å². The number of nitrogens with zero attached hydrogens (tertiary/aromatic N) is 1. The number of amides is 2. The molecule has 1 heterocycles. The average molecular weight is 249 g/mol. The van der Waals surface area contributed by atoms with E-state index in [1.54, 1.807) is 0 Å². The Kier molecular flexibility index (Phi) is 3.94. The number of imide groups is 1. The van der Waals surface area contributed by atoms with Crippen LogP contribution in [0.1, 0.15) is 18.4 Å². The van der Waals surface area contributed by atoms with Crippen LogP contribution in [-0.4, -0.2) is 34.7 Å². The molecule has 1 atom stereocenters. The zero-order chi connectivity index (χ0) is 13.0. The minimum Gasteiger partial charge on any atom is -0.444 e. The van der Waals surface area contributed by atoms with Gasteiger partial charge in [0.2, 0.25) is 5.91 Å². The second kappa shape index (κ2) is 5.64. The number of ether oxygens (including phenoxy) is 1. The predicted octanol–water partition coefficient (Wildman–Crippen LogP) is 1.31. The third kappa shape index (κ3) is 3.07. The Morgan fingerprint density at radius 1 is 1.39 bits per heavy atom. The van der Waals surface area contributed by atoms with Crippen LogP contribution in [0.3, 0.4) is 0 Å². The summed E-state index contributed by atoms with van der Waals surface area (Å²) in [6.07, 6.45) is -0.890. The molecule has 1 saturated heterocycles. The molecule has 0 aliphatic carbocycles. The highest BCUT2D eigenvalue weighted by molar-refractivity contribution is 5.92. The van der Waals surface area contributed by atoms with Crippen molar-refractivity contribution in [2.24, 2.45) is 0 Å². The van der Waals surface area contributed by atoms with Gasteiger partial charge in [-0.1, -0.05) is 30.3 Å². The number of hydrogen-bond donors (Lipinski definition) is 1. The third-order valence-corrected chi connectivity index (χ3v) is 2.82. The summed E-state index contributed by atoms with van der Waals surface area (Å²) in [5, 5.41) is 9.29. The molecule has 0 aromatic heterocycles. The monoisotopic (exact) mass is 249 g/mol. The van der Waals surface area contributed by atoms with Gasteiger partial charge in [-0.15, -0.1) is 0 Å². The second-order valence-corrected chi connectivity index (χ2v) is 4.23. The van der Waals surface area contributed by atoms with Crippen molar-refractivity contribution < 1.29 is 19.4 Å². The Bertz CT molecular complexity index is 432. The number of aliphatic hydroxyl groups excluding tert-OH is 1. The minimum absolute atomic E-state index is 0.0135. The molecule has 18 heavy (non-hydrogen) atoms. The highest BCUT2D eigenvalue weighted by Gasteiger charge is 2.29. The summed E-state index contributed by atoms with van der Waals surface area (Å²) in [7, 11) is 0. The summed E-state index contributed by atoms with van der Waals surface area (Å²) in [4.78, 5) is 24.3. The van der Waals surface area contributed by atoms with Crippen molar-refractivity contribution in [3.05, 3.63) is 35.9 Å². The van der Waals surface area contributed by atoms with Crippen molar-refractivity contribution in [1.82, 2.24) is 4.90 Å². The molecule has 5 heteroatoms. The van der Waals surface area contributed by atoms with Gasteiger partial charge in [-0.3, -0.25) is 4.79 Å². The summed E-state index contributed by atoms with van der Waals surface area (Å²) in [5.41, 5.74) is 0.871. The molecule has 2 rings (SSSR count). The highest BCUT2D eigenvalue weighted by atomic mass is 16.6. The van der Waals surface area contributed by atoms with Gasteiger partial charge in [0.25, 0.3) is 0 Å². The van der Waals surface area contributed by atoms with Crippen LogP contribution in [0.4, 0.5) is 4.79 Å². The first-order valence-electron chi connectivity index (χ1n) is 5.86. The lowest BCUT2D eigenvalue weighted by Gasteiger charge is -2.26. The molecule has 0 radical (unpaired) electrons. The van der Waals surface area contributed by atoms with E-state index in [2.05, 4.69) is 0 Å². The van der Waals surface area contributed by atoms with Gasteiger partial charge in [-0.05, 0) is 12.0 Å². The SMILES string of the molecule is O=C1CC(O)CCN1C(=O)OCc1ccccc1. The zero-order valence-electron chi connectivity index (χ0n) is 9.91. The lowest BCUT2D eigenvalue weighted by atomic mass is 10.1. The Morgan fingerprint density at radius 2 is 2.11 bits per heavy atom. The van der Waals surface area contributed by atoms with Crippen LogP contribution in [-0.2, 0) is 16.1 Å². The molecule has 0 saturated carbocycles. The van der Waals surface area contributed by atoms with Crippen LogP contribution >= 0.6 is 0 Å².